The van der Waals surface area contributed by atoms with Crippen LogP contribution in [0.5, 0.6) is 0 Å². The summed E-state index contributed by atoms with van der Waals surface area (Å²) in [5.41, 5.74) is 2.30. The highest BCUT2D eigenvalue weighted by atomic mass is 35.5. The highest BCUT2D eigenvalue weighted by molar-refractivity contribution is 6.30. The molecule has 0 aliphatic heterocycles. The maximum atomic E-state index is 5.98. The Morgan fingerprint density at radius 2 is 2.06 bits per heavy atom. The van der Waals surface area contributed by atoms with E-state index in [1.807, 2.05) is 37.3 Å². The van der Waals surface area contributed by atoms with E-state index in [1.54, 1.807) is 6.20 Å². The number of aryl methyl sites for hydroxylation is 1. The summed E-state index contributed by atoms with van der Waals surface area (Å²) < 4.78 is 0. The van der Waals surface area contributed by atoms with Crippen molar-refractivity contribution in [2.24, 2.45) is 0 Å². The van der Waals surface area contributed by atoms with Gasteiger partial charge in [0.15, 0.2) is 0 Å². The van der Waals surface area contributed by atoms with Crippen molar-refractivity contribution in [2.75, 3.05) is 5.32 Å². The summed E-state index contributed by atoms with van der Waals surface area (Å²) >= 11 is 5.98. The molecule has 1 unspecified atom stereocenters. The lowest BCUT2D eigenvalue weighted by Gasteiger charge is -2.16. The van der Waals surface area contributed by atoms with Crippen LogP contribution in [-0.4, -0.2) is 4.98 Å². The van der Waals surface area contributed by atoms with Gasteiger partial charge < -0.3 is 5.32 Å². The van der Waals surface area contributed by atoms with Crippen LogP contribution in [0.2, 0.25) is 5.02 Å². The predicted octanol–water partition coefficient (Wildman–Crippen LogP) is 4.22. The minimum Gasteiger partial charge on any atom is -0.363 e. The monoisotopic (exact) mass is 246 g/mol. The van der Waals surface area contributed by atoms with Gasteiger partial charge in [-0.1, -0.05) is 29.8 Å². The second-order valence-corrected chi connectivity index (χ2v) is 4.53. The van der Waals surface area contributed by atoms with Crippen molar-refractivity contribution >= 4 is 17.4 Å². The van der Waals surface area contributed by atoms with E-state index in [-0.39, 0.29) is 6.04 Å². The Hall–Kier alpha value is -1.54. The zero-order valence-electron chi connectivity index (χ0n) is 9.94. The molecule has 0 aliphatic carbocycles. The molecule has 1 aromatic heterocycles. The summed E-state index contributed by atoms with van der Waals surface area (Å²) in [6.45, 7) is 4.14. The van der Waals surface area contributed by atoms with Gasteiger partial charge in [-0.05, 0) is 43.2 Å². The summed E-state index contributed by atoms with van der Waals surface area (Å²) in [4.78, 5) is 4.32. The molecule has 0 saturated heterocycles. The summed E-state index contributed by atoms with van der Waals surface area (Å²) in [5.74, 6) is 0.917. The van der Waals surface area contributed by atoms with Crippen LogP contribution in [0.3, 0.4) is 0 Å². The van der Waals surface area contributed by atoms with Gasteiger partial charge >= 0.3 is 0 Å². The molecule has 0 radical (unpaired) electrons. The molecule has 1 atom stereocenters. The van der Waals surface area contributed by atoms with Crippen LogP contribution < -0.4 is 5.32 Å². The molecule has 1 N–H and O–H groups in total. The Labute approximate surface area is 107 Å². The van der Waals surface area contributed by atoms with Crippen molar-refractivity contribution in [1.29, 1.82) is 0 Å². The van der Waals surface area contributed by atoms with Crippen LogP contribution in [0.15, 0.2) is 42.6 Å². The van der Waals surface area contributed by atoms with Crippen LogP contribution in [0, 0.1) is 6.92 Å². The van der Waals surface area contributed by atoms with E-state index in [4.69, 9.17) is 11.6 Å². The summed E-state index contributed by atoms with van der Waals surface area (Å²) in [7, 11) is 0. The Kier molecular flexibility index (Phi) is 3.64. The maximum absolute atomic E-state index is 5.98. The van der Waals surface area contributed by atoms with Gasteiger partial charge in [-0.2, -0.15) is 0 Å². The van der Waals surface area contributed by atoms with E-state index >= 15 is 0 Å². The second-order valence-electron chi connectivity index (χ2n) is 4.09. The average Bonchev–Trinajstić information content (AvgIpc) is 2.32. The molecule has 1 aromatic carbocycles. The van der Waals surface area contributed by atoms with E-state index in [0.717, 1.165) is 22.0 Å². The van der Waals surface area contributed by atoms with Crippen molar-refractivity contribution in [2.45, 2.75) is 19.9 Å². The Balaban J connectivity index is 2.17. The van der Waals surface area contributed by atoms with Crippen molar-refractivity contribution in [3.05, 3.63) is 58.7 Å². The molecule has 88 valence electrons. The minimum absolute atomic E-state index is 0.183. The molecular weight excluding hydrogens is 232 g/mol. The SMILES string of the molecule is Cc1cccnc1NC(C)c1cccc(Cl)c1. The first kappa shape index (κ1) is 11.9. The summed E-state index contributed by atoms with van der Waals surface area (Å²) in [5, 5.41) is 4.14. The van der Waals surface area contributed by atoms with E-state index in [0.29, 0.717) is 0 Å². The topological polar surface area (TPSA) is 24.9 Å². The molecule has 0 fully saturated rings. The number of pyridine rings is 1. The lowest BCUT2D eigenvalue weighted by molar-refractivity contribution is 0.871. The first-order valence-electron chi connectivity index (χ1n) is 5.60. The van der Waals surface area contributed by atoms with Crippen LogP contribution in [-0.2, 0) is 0 Å². The fourth-order valence-electron chi connectivity index (χ4n) is 1.70. The number of halogens is 1. The molecule has 3 heteroatoms. The normalized spacial score (nSPS) is 12.2. The molecule has 0 saturated carbocycles. The van der Waals surface area contributed by atoms with Gasteiger partial charge in [0, 0.05) is 17.3 Å². The first-order chi connectivity index (χ1) is 8.16. The average molecular weight is 247 g/mol. The number of nitrogens with one attached hydrogen (secondary N) is 1. The number of rotatable bonds is 3. The molecule has 2 nitrogen and oxygen atoms in total. The zero-order valence-corrected chi connectivity index (χ0v) is 10.7. The molecule has 2 rings (SSSR count). The van der Waals surface area contributed by atoms with Crippen molar-refractivity contribution in [3.63, 3.8) is 0 Å². The van der Waals surface area contributed by atoms with Gasteiger partial charge in [0.25, 0.3) is 0 Å². The highest BCUT2D eigenvalue weighted by Gasteiger charge is 2.07. The third-order valence-corrected chi connectivity index (χ3v) is 2.95. The standard InChI is InChI=1S/C14H15ClN2/c1-10-5-4-8-16-14(10)17-11(2)12-6-3-7-13(15)9-12/h3-9,11H,1-2H3,(H,16,17). The predicted molar refractivity (Wildman–Crippen MR) is 72.5 cm³/mol. The molecule has 0 bridgehead atoms. The third kappa shape index (κ3) is 2.98. The number of aromatic nitrogens is 1. The molecular formula is C14H15ClN2. The molecule has 1 heterocycles. The highest BCUT2D eigenvalue weighted by Crippen LogP contribution is 2.22. The van der Waals surface area contributed by atoms with E-state index in [9.17, 15) is 0 Å². The van der Waals surface area contributed by atoms with Gasteiger partial charge in [-0.25, -0.2) is 4.98 Å². The minimum atomic E-state index is 0.183. The second kappa shape index (κ2) is 5.19. The van der Waals surface area contributed by atoms with E-state index in [2.05, 4.69) is 23.3 Å². The van der Waals surface area contributed by atoms with Crippen molar-refractivity contribution in [1.82, 2.24) is 4.98 Å². The Morgan fingerprint density at radius 1 is 1.24 bits per heavy atom. The van der Waals surface area contributed by atoms with Gasteiger partial charge in [0.2, 0.25) is 0 Å². The van der Waals surface area contributed by atoms with Gasteiger partial charge in [-0.15, -0.1) is 0 Å². The van der Waals surface area contributed by atoms with Crippen LogP contribution in [0.25, 0.3) is 0 Å². The van der Waals surface area contributed by atoms with Gasteiger partial charge in [0.1, 0.15) is 5.82 Å². The number of hydrogen-bond donors (Lipinski definition) is 1. The fourth-order valence-corrected chi connectivity index (χ4v) is 1.90. The maximum Gasteiger partial charge on any atom is 0.129 e. The number of anilines is 1. The van der Waals surface area contributed by atoms with Crippen LogP contribution >= 0.6 is 11.6 Å². The van der Waals surface area contributed by atoms with Crippen molar-refractivity contribution < 1.29 is 0 Å². The first-order valence-corrected chi connectivity index (χ1v) is 5.98. The molecule has 17 heavy (non-hydrogen) atoms. The lowest BCUT2D eigenvalue weighted by Crippen LogP contribution is -2.08. The number of hydrogen-bond acceptors (Lipinski definition) is 2. The largest absolute Gasteiger partial charge is 0.363 e. The Bertz CT molecular complexity index is 511. The third-order valence-electron chi connectivity index (χ3n) is 2.71. The van der Waals surface area contributed by atoms with E-state index < -0.39 is 0 Å². The number of nitrogens with zero attached hydrogens (tertiary/aromatic N) is 1. The molecule has 0 amide bonds. The van der Waals surface area contributed by atoms with E-state index in [1.165, 1.54) is 0 Å². The van der Waals surface area contributed by atoms with Crippen LogP contribution in [0.1, 0.15) is 24.1 Å². The van der Waals surface area contributed by atoms with Crippen LogP contribution in [0.4, 0.5) is 5.82 Å². The summed E-state index contributed by atoms with van der Waals surface area (Å²) in [6, 6.07) is 12.0. The fraction of sp³-hybridized carbons (Fsp3) is 0.214. The Morgan fingerprint density at radius 3 is 2.76 bits per heavy atom. The quantitative estimate of drug-likeness (QED) is 0.877. The molecule has 0 spiro atoms. The lowest BCUT2D eigenvalue weighted by atomic mass is 10.1. The van der Waals surface area contributed by atoms with Gasteiger partial charge in [0.05, 0.1) is 0 Å². The zero-order chi connectivity index (χ0) is 12.3. The summed E-state index contributed by atoms with van der Waals surface area (Å²) in [6.07, 6.45) is 1.79. The number of benzene rings is 1. The molecule has 2 aromatic rings. The van der Waals surface area contributed by atoms with Gasteiger partial charge in [-0.3, -0.25) is 0 Å². The van der Waals surface area contributed by atoms with Crippen molar-refractivity contribution in [3.8, 4) is 0 Å². The molecule has 0 aliphatic rings. The smallest absolute Gasteiger partial charge is 0.129 e.